The molecule has 3 aromatic rings. The van der Waals surface area contributed by atoms with Gasteiger partial charge in [0, 0.05) is 47.1 Å². The second-order valence-electron chi connectivity index (χ2n) is 11.1. The average molecular weight is 637 g/mol. The number of hydrogen-bond donors (Lipinski definition) is 1. The molecule has 0 aliphatic carbocycles. The minimum absolute atomic E-state index is 0.0461. The molecule has 0 aliphatic heterocycles. The Labute approximate surface area is 257 Å². The first kappa shape index (κ1) is 33.4. The van der Waals surface area contributed by atoms with Gasteiger partial charge in [-0.05, 0) is 57.0 Å². The summed E-state index contributed by atoms with van der Waals surface area (Å²) in [5.41, 5.74) is 0.661. The Balaban J connectivity index is 1.96. The van der Waals surface area contributed by atoms with Gasteiger partial charge >= 0.3 is 0 Å². The molecule has 1 N–H and O–H groups in total. The minimum Gasteiger partial charge on any atom is -0.350 e. The summed E-state index contributed by atoms with van der Waals surface area (Å²) >= 11 is 13.0. The predicted octanol–water partition coefficient (Wildman–Crippen LogP) is 6.23. The topological polar surface area (TPSA) is 86.8 Å². The van der Waals surface area contributed by atoms with Crippen LogP contribution in [0.3, 0.4) is 0 Å². The van der Waals surface area contributed by atoms with E-state index in [9.17, 15) is 22.4 Å². The van der Waals surface area contributed by atoms with E-state index in [-0.39, 0.29) is 43.9 Å². The fourth-order valence-electron chi connectivity index (χ4n) is 4.50. The van der Waals surface area contributed by atoms with E-state index in [1.165, 1.54) is 23.1 Å². The van der Waals surface area contributed by atoms with Crippen LogP contribution in [-0.2, 0) is 32.6 Å². The van der Waals surface area contributed by atoms with E-state index < -0.39 is 33.3 Å². The van der Waals surface area contributed by atoms with Crippen LogP contribution in [0.1, 0.15) is 44.7 Å². The lowest BCUT2D eigenvalue weighted by atomic mass is 10.00. The van der Waals surface area contributed by atoms with Gasteiger partial charge in [0.15, 0.2) is 0 Å². The number of carbonyl (C=O) groups excluding carboxylic acids is 2. The molecule has 42 heavy (non-hydrogen) atoms. The van der Waals surface area contributed by atoms with Crippen LogP contribution in [0.2, 0.25) is 10.0 Å². The fraction of sp³-hybridized carbons (Fsp3) is 0.355. The highest BCUT2D eigenvalue weighted by molar-refractivity contribution is 7.92. The first-order chi connectivity index (χ1) is 19.7. The number of amides is 2. The Morgan fingerprint density at radius 2 is 1.52 bits per heavy atom. The van der Waals surface area contributed by atoms with Crippen LogP contribution in [0.15, 0.2) is 72.8 Å². The molecule has 0 heterocycles. The highest BCUT2D eigenvalue weighted by atomic mass is 35.5. The maximum atomic E-state index is 14.5. The Hall–Kier alpha value is -3.14. The van der Waals surface area contributed by atoms with Crippen LogP contribution in [0, 0.1) is 5.82 Å². The third-order valence-corrected chi connectivity index (χ3v) is 8.32. The Morgan fingerprint density at radius 1 is 0.929 bits per heavy atom. The number of nitrogens with one attached hydrogen (secondary N) is 1. The van der Waals surface area contributed by atoms with Crippen LogP contribution in [0.4, 0.5) is 10.1 Å². The molecule has 3 aromatic carbocycles. The summed E-state index contributed by atoms with van der Waals surface area (Å²) in [7, 11) is -3.84. The van der Waals surface area contributed by atoms with E-state index in [4.69, 9.17) is 23.2 Å². The first-order valence-corrected chi connectivity index (χ1v) is 16.1. The summed E-state index contributed by atoms with van der Waals surface area (Å²) in [6.07, 6.45) is 1.17. The standard InChI is InChI=1S/C31H36Cl2FN3O4S/c1-31(2,3)35-30(39)28(20-22-12-6-5-7-13-22)36(21-23-24(32)14-10-15-25(23)33)29(38)18-11-19-37(42(4,40)41)27-17-9-8-16-26(27)34/h5-10,12-17,28H,11,18-21H2,1-4H3,(H,35,39)/t28-/m0/s1. The van der Waals surface area contributed by atoms with Gasteiger partial charge in [-0.3, -0.25) is 13.9 Å². The van der Waals surface area contributed by atoms with Crippen molar-refractivity contribution in [3.63, 3.8) is 0 Å². The van der Waals surface area contributed by atoms with Crippen LogP contribution in [-0.4, -0.2) is 49.5 Å². The normalized spacial score (nSPS) is 12.5. The average Bonchev–Trinajstić information content (AvgIpc) is 2.89. The molecule has 11 heteroatoms. The number of carbonyl (C=O) groups is 2. The number of benzene rings is 3. The third kappa shape index (κ3) is 9.44. The number of sulfonamides is 1. The van der Waals surface area contributed by atoms with Crippen LogP contribution in [0.5, 0.6) is 0 Å². The maximum Gasteiger partial charge on any atom is 0.243 e. The number of halogens is 3. The van der Waals surface area contributed by atoms with E-state index in [2.05, 4.69) is 5.32 Å². The van der Waals surface area contributed by atoms with Crippen molar-refractivity contribution in [2.45, 2.75) is 58.2 Å². The summed E-state index contributed by atoms with van der Waals surface area (Å²) in [6.45, 7) is 5.37. The number of para-hydroxylation sites is 1. The molecule has 0 spiro atoms. The molecule has 0 saturated heterocycles. The Bertz CT molecular complexity index is 1480. The van der Waals surface area contributed by atoms with E-state index >= 15 is 0 Å². The fourth-order valence-corrected chi connectivity index (χ4v) is 5.98. The molecule has 226 valence electrons. The van der Waals surface area contributed by atoms with Gasteiger partial charge in [0.05, 0.1) is 11.9 Å². The predicted molar refractivity (Wildman–Crippen MR) is 167 cm³/mol. The summed E-state index contributed by atoms with van der Waals surface area (Å²) in [5.74, 6) is -1.45. The van der Waals surface area contributed by atoms with Crippen molar-refractivity contribution >= 4 is 50.7 Å². The molecule has 0 radical (unpaired) electrons. The molecular weight excluding hydrogens is 600 g/mol. The molecule has 0 aromatic heterocycles. The van der Waals surface area contributed by atoms with Gasteiger partial charge in [0.1, 0.15) is 11.9 Å². The van der Waals surface area contributed by atoms with E-state index in [0.29, 0.717) is 15.6 Å². The van der Waals surface area contributed by atoms with Gasteiger partial charge in [-0.25, -0.2) is 12.8 Å². The molecule has 3 rings (SSSR count). The Kier molecular flexibility index (Phi) is 11.4. The van der Waals surface area contributed by atoms with Gasteiger partial charge in [0.25, 0.3) is 0 Å². The zero-order valence-corrected chi connectivity index (χ0v) is 26.4. The van der Waals surface area contributed by atoms with E-state index in [1.807, 2.05) is 51.1 Å². The first-order valence-electron chi connectivity index (χ1n) is 13.5. The van der Waals surface area contributed by atoms with Crippen molar-refractivity contribution in [2.24, 2.45) is 0 Å². The zero-order valence-electron chi connectivity index (χ0n) is 24.1. The van der Waals surface area contributed by atoms with Crippen molar-refractivity contribution in [2.75, 3.05) is 17.1 Å². The quantitative estimate of drug-likeness (QED) is 0.255. The number of hydrogen-bond acceptors (Lipinski definition) is 4. The van der Waals surface area contributed by atoms with Gasteiger partial charge in [-0.1, -0.05) is 71.7 Å². The van der Waals surface area contributed by atoms with Gasteiger partial charge in [-0.2, -0.15) is 0 Å². The van der Waals surface area contributed by atoms with Crippen molar-refractivity contribution in [3.8, 4) is 0 Å². The lowest BCUT2D eigenvalue weighted by molar-refractivity contribution is -0.142. The van der Waals surface area contributed by atoms with Gasteiger partial charge < -0.3 is 10.2 Å². The van der Waals surface area contributed by atoms with Crippen molar-refractivity contribution in [1.29, 1.82) is 0 Å². The lowest BCUT2D eigenvalue weighted by Crippen LogP contribution is -2.54. The molecule has 2 amide bonds. The Morgan fingerprint density at radius 3 is 2.10 bits per heavy atom. The van der Waals surface area contributed by atoms with E-state index in [1.54, 1.807) is 24.3 Å². The molecule has 7 nitrogen and oxygen atoms in total. The van der Waals surface area contributed by atoms with Crippen LogP contribution >= 0.6 is 23.2 Å². The summed E-state index contributed by atoms with van der Waals surface area (Å²) in [6, 6.07) is 19.0. The van der Waals surface area contributed by atoms with Gasteiger partial charge in [0.2, 0.25) is 21.8 Å². The zero-order chi connectivity index (χ0) is 31.1. The van der Waals surface area contributed by atoms with Crippen LogP contribution in [0.25, 0.3) is 0 Å². The van der Waals surface area contributed by atoms with Gasteiger partial charge in [-0.15, -0.1) is 0 Å². The molecule has 0 saturated carbocycles. The summed E-state index contributed by atoms with van der Waals surface area (Å²) in [5, 5.41) is 3.67. The van der Waals surface area contributed by atoms with E-state index in [0.717, 1.165) is 16.1 Å². The third-order valence-electron chi connectivity index (χ3n) is 6.43. The summed E-state index contributed by atoms with van der Waals surface area (Å²) in [4.78, 5) is 29.1. The minimum atomic E-state index is -3.84. The van der Waals surface area contributed by atoms with Crippen molar-refractivity contribution < 1.29 is 22.4 Å². The van der Waals surface area contributed by atoms with Crippen molar-refractivity contribution in [1.82, 2.24) is 10.2 Å². The maximum absolute atomic E-state index is 14.5. The molecule has 0 bridgehead atoms. The second kappa shape index (κ2) is 14.4. The molecule has 0 aliphatic rings. The smallest absolute Gasteiger partial charge is 0.243 e. The molecule has 0 unspecified atom stereocenters. The SMILES string of the molecule is CC(C)(C)NC(=O)[C@H](Cc1ccccc1)N(Cc1c(Cl)cccc1Cl)C(=O)CCCN(c1ccccc1F)S(C)(=O)=O. The lowest BCUT2D eigenvalue weighted by Gasteiger charge is -2.34. The highest BCUT2D eigenvalue weighted by Gasteiger charge is 2.33. The number of anilines is 1. The largest absolute Gasteiger partial charge is 0.350 e. The summed E-state index contributed by atoms with van der Waals surface area (Å²) < 4.78 is 40.5. The monoisotopic (exact) mass is 635 g/mol. The van der Waals surface area contributed by atoms with Crippen molar-refractivity contribution in [3.05, 3.63) is 99.8 Å². The van der Waals surface area contributed by atoms with Crippen LogP contribution < -0.4 is 9.62 Å². The molecule has 1 atom stereocenters. The number of nitrogens with zero attached hydrogens (tertiary/aromatic N) is 2. The molecular formula is C31H36Cl2FN3O4S. The number of rotatable bonds is 12. The molecule has 0 fully saturated rings. The second-order valence-corrected chi connectivity index (χ2v) is 13.8. The highest BCUT2D eigenvalue weighted by Crippen LogP contribution is 2.28.